The lowest BCUT2D eigenvalue weighted by atomic mass is 10.2. The Balaban J connectivity index is 2.89. The van der Waals surface area contributed by atoms with Crippen molar-refractivity contribution in [3.8, 4) is 6.07 Å². The number of nitrogens with zero attached hydrogens (tertiary/aromatic N) is 3. The summed E-state index contributed by atoms with van der Waals surface area (Å²) in [7, 11) is 1.58. The van der Waals surface area contributed by atoms with E-state index in [9.17, 15) is 4.79 Å². The number of hydrogen-bond acceptors (Lipinski definition) is 6. The molecule has 1 aromatic heterocycles. The number of methoxy groups -OCH3 is 1. The van der Waals surface area contributed by atoms with E-state index in [0.717, 1.165) is 0 Å². The average Bonchev–Trinajstić information content (AvgIpc) is 2.43. The van der Waals surface area contributed by atoms with Crippen LogP contribution in [0.15, 0.2) is 18.3 Å². The number of anilines is 1. The van der Waals surface area contributed by atoms with Gasteiger partial charge in [-0.15, -0.1) is 0 Å². The van der Waals surface area contributed by atoms with Gasteiger partial charge in [-0.3, -0.25) is 4.79 Å². The second-order valence-corrected chi connectivity index (χ2v) is 3.70. The first kappa shape index (κ1) is 14.9. The number of hydrogen-bond donors (Lipinski definition) is 0. The predicted octanol–water partition coefficient (Wildman–Crippen LogP) is 0.969. The first-order valence-corrected chi connectivity index (χ1v) is 5.97. The number of carbonyl (C=O) groups excluding carboxylic acids is 1. The Morgan fingerprint density at radius 2 is 2.37 bits per heavy atom. The SMILES string of the molecule is CCOC(=O)CN(CCOC)c1cccnc1C#N. The molecule has 0 aromatic carbocycles. The number of esters is 1. The van der Waals surface area contributed by atoms with Crippen LogP contribution in [0, 0.1) is 11.3 Å². The van der Waals surface area contributed by atoms with Gasteiger partial charge in [-0.1, -0.05) is 0 Å². The Kier molecular flexibility index (Phi) is 6.33. The first-order chi connectivity index (χ1) is 9.22. The Hall–Kier alpha value is -2.13. The van der Waals surface area contributed by atoms with Crippen molar-refractivity contribution in [3.05, 3.63) is 24.0 Å². The maximum atomic E-state index is 11.6. The first-order valence-electron chi connectivity index (χ1n) is 5.97. The summed E-state index contributed by atoms with van der Waals surface area (Å²) in [6.07, 6.45) is 1.54. The van der Waals surface area contributed by atoms with E-state index in [0.29, 0.717) is 25.4 Å². The number of carbonyl (C=O) groups is 1. The van der Waals surface area contributed by atoms with Gasteiger partial charge in [0.25, 0.3) is 0 Å². The molecule has 0 amide bonds. The lowest BCUT2D eigenvalue weighted by Gasteiger charge is -2.23. The predicted molar refractivity (Wildman–Crippen MR) is 69.7 cm³/mol. The van der Waals surface area contributed by atoms with Gasteiger partial charge < -0.3 is 14.4 Å². The number of nitriles is 1. The largest absolute Gasteiger partial charge is 0.465 e. The zero-order valence-corrected chi connectivity index (χ0v) is 11.1. The Morgan fingerprint density at radius 1 is 1.58 bits per heavy atom. The van der Waals surface area contributed by atoms with Gasteiger partial charge in [0.2, 0.25) is 0 Å². The molecule has 0 radical (unpaired) electrons. The lowest BCUT2D eigenvalue weighted by molar-refractivity contribution is -0.141. The smallest absolute Gasteiger partial charge is 0.325 e. The molecule has 0 saturated carbocycles. The van der Waals surface area contributed by atoms with Gasteiger partial charge in [0.15, 0.2) is 5.69 Å². The summed E-state index contributed by atoms with van der Waals surface area (Å²) in [6.45, 7) is 3.07. The summed E-state index contributed by atoms with van der Waals surface area (Å²) < 4.78 is 9.93. The highest BCUT2D eigenvalue weighted by Gasteiger charge is 2.16. The van der Waals surface area contributed by atoms with Crippen molar-refractivity contribution < 1.29 is 14.3 Å². The molecule has 0 N–H and O–H groups in total. The maximum Gasteiger partial charge on any atom is 0.325 e. The number of aromatic nitrogens is 1. The van der Waals surface area contributed by atoms with Crippen molar-refractivity contribution in [2.24, 2.45) is 0 Å². The summed E-state index contributed by atoms with van der Waals surface area (Å²) in [5, 5.41) is 9.04. The van der Waals surface area contributed by atoms with Gasteiger partial charge in [0.05, 0.1) is 18.9 Å². The minimum Gasteiger partial charge on any atom is -0.465 e. The number of rotatable bonds is 7. The normalized spacial score (nSPS) is 9.74. The lowest BCUT2D eigenvalue weighted by Crippen LogP contribution is -2.34. The standard InChI is InChI=1S/C13H17N3O3/c1-3-19-13(17)10-16(7-8-18-2)12-5-4-6-15-11(12)9-14/h4-6H,3,7-8,10H2,1-2H3. The van der Waals surface area contributed by atoms with Crippen molar-refractivity contribution in [1.82, 2.24) is 4.98 Å². The van der Waals surface area contributed by atoms with E-state index in [1.54, 1.807) is 37.3 Å². The number of ether oxygens (including phenoxy) is 2. The minimum absolute atomic E-state index is 0.0670. The fourth-order valence-corrected chi connectivity index (χ4v) is 1.59. The molecule has 1 rings (SSSR count). The van der Waals surface area contributed by atoms with Crippen LogP contribution in [-0.4, -0.2) is 44.4 Å². The maximum absolute atomic E-state index is 11.6. The second kappa shape index (κ2) is 8.06. The highest BCUT2D eigenvalue weighted by atomic mass is 16.5. The van der Waals surface area contributed by atoms with Crippen LogP contribution in [0.25, 0.3) is 0 Å². The Morgan fingerprint density at radius 3 is 3.00 bits per heavy atom. The van der Waals surface area contributed by atoms with Crippen LogP contribution >= 0.6 is 0 Å². The molecular weight excluding hydrogens is 246 g/mol. The third kappa shape index (κ3) is 4.56. The molecule has 1 aromatic rings. The van der Waals surface area contributed by atoms with E-state index >= 15 is 0 Å². The van der Waals surface area contributed by atoms with Gasteiger partial charge in [-0.2, -0.15) is 5.26 Å². The number of pyridine rings is 1. The van der Waals surface area contributed by atoms with Crippen LogP contribution in [0.2, 0.25) is 0 Å². The van der Waals surface area contributed by atoms with Crippen LogP contribution in [0.4, 0.5) is 5.69 Å². The fourth-order valence-electron chi connectivity index (χ4n) is 1.59. The molecule has 0 saturated heterocycles. The second-order valence-electron chi connectivity index (χ2n) is 3.70. The van der Waals surface area contributed by atoms with Crippen LogP contribution in [-0.2, 0) is 14.3 Å². The van der Waals surface area contributed by atoms with Gasteiger partial charge in [-0.05, 0) is 19.1 Å². The minimum atomic E-state index is -0.341. The van der Waals surface area contributed by atoms with Crippen LogP contribution in [0.5, 0.6) is 0 Å². The molecule has 6 nitrogen and oxygen atoms in total. The highest BCUT2D eigenvalue weighted by molar-refractivity contribution is 5.76. The average molecular weight is 263 g/mol. The van der Waals surface area contributed by atoms with Crippen LogP contribution in [0.1, 0.15) is 12.6 Å². The molecule has 0 aliphatic heterocycles. The molecule has 0 bridgehead atoms. The van der Waals surface area contributed by atoms with E-state index in [4.69, 9.17) is 14.7 Å². The summed E-state index contributed by atoms with van der Waals surface area (Å²) in [5.74, 6) is -0.341. The molecule has 0 spiro atoms. The molecule has 6 heteroatoms. The Bertz CT molecular complexity index is 457. The summed E-state index contributed by atoms with van der Waals surface area (Å²) in [5.41, 5.74) is 0.887. The molecule has 0 fully saturated rings. The van der Waals surface area contributed by atoms with Crippen molar-refractivity contribution in [1.29, 1.82) is 5.26 Å². The zero-order valence-electron chi connectivity index (χ0n) is 11.1. The molecular formula is C13H17N3O3. The van der Waals surface area contributed by atoms with Gasteiger partial charge in [0.1, 0.15) is 12.6 Å². The fraction of sp³-hybridized carbons (Fsp3) is 0.462. The van der Waals surface area contributed by atoms with Crippen molar-refractivity contribution in [2.45, 2.75) is 6.92 Å². The van der Waals surface area contributed by atoms with E-state index in [1.807, 2.05) is 6.07 Å². The molecule has 0 aliphatic rings. The van der Waals surface area contributed by atoms with Crippen molar-refractivity contribution in [3.63, 3.8) is 0 Å². The quantitative estimate of drug-likeness (QED) is 0.682. The molecule has 102 valence electrons. The van der Waals surface area contributed by atoms with Crippen LogP contribution in [0.3, 0.4) is 0 Å². The Labute approximate surface area is 112 Å². The molecule has 0 aliphatic carbocycles. The van der Waals surface area contributed by atoms with Crippen LogP contribution < -0.4 is 4.90 Å². The monoisotopic (exact) mass is 263 g/mol. The van der Waals surface area contributed by atoms with E-state index in [-0.39, 0.29) is 18.2 Å². The molecule has 1 heterocycles. The van der Waals surface area contributed by atoms with Crippen molar-refractivity contribution in [2.75, 3.05) is 38.3 Å². The van der Waals surface area contributed by atoms with Gasteiger partial charge in [-0.25, -0.2) is 4.98 Å². The third-order valence-electron chi connectivity index (χ3n) is 2.42. The van der Waals surface area contributed by atoms with Crippen molar-refractivity contribution >= 4 is 11.7 Å². The molecule has 0 atom stereocenters. The van der Waals surface area contributed by atoms with E-state index in [2.05, 4.69) is 4.98 Å². The molecule has 19 heavy (non-hydrogen) atoms. The van der Waals surface area contributed by atoms with E-state index < -0.39 is 0 Å². The molecule has 0 unspecified atom stereocenters. The summed E-state index contributed by atoms with van der Waals surface area (Å²) in [4.78, 5) is 17.3. The topological polar surface area (TPSA) is 75.4 Å². The summed E-state index contributed by atoms with van der Waals surface area (Å²) >= 11 is 0. The summed E-state index contributed by atoms with van der Waals surface area (Å²) in [6, 6.07) is 5.49. The highest BCUT2D eigenvalue weighted by Crippen LogP contribution is 2.17. The zero-order chi connectivity index (χ0) is 14.1. The van der Waals surface area contributed by atoms with Gasteiger partial charge >= 0.3 is 5.97 Å². The third-order valence-corrected chi connectivity index (χ3v) is 2.42. The van der Waals surface area contributed by atoms with Gasteiger partial charge in [0, 0.05) is 19.9 Å². The van der Waals surface area contributed by atoms with E-state index in [1.165, 1.54) is 0 Å².